The summed E-state index contributed by atoms with van der Waals surface area (Å²) in [5.41, 5.74) is 1.26. The van der Waals surface area contributed by atoms with Crippen molar-refractivity contribution in [3.05, 3.63) is 108 Å². The highest BCUT2D eigenvalue weighted by Crippen LogP contribution is 2.35. The van der Waals surface area contributed by atoms with Crippen molar-refractivity contribution in [1.82, 2.24) is 0 Å². The number of rotatable bonds is 7. The molecule has 7 nitrogen and oxygen atoms in total. The van der Waals surface area contributed by atoms with Gasteiger partial charge in [-0.2, -0.15) is 8.42 Å². The van der Waals surface area contributed by atoms with Crippen LogP contribution < -0.4 is 4.18 Å². The van der Waals surface area contributed by atoms with Crippen LogP contribution in [0.1, 0.15) is 11.1 Å². The van der Waals surface area contributed by atoms with Crippen molar-refractivity contribution < 1.29 is 29.4 Å². The van der Waals surface area contributed by atoms with Crippen LogP contribution in [0.4, 0.5) is 0 Å². The molecule has 186 valence electrons. The van der Waals surface area contributed by atoms with Crippen molar-refractivity contribution in [2.45, 2.75) is 38.3 Å². The molecule has 0 spiro atoms. The van der Waals surface area contributed by atoms with Crippen LogP contribution in [0.5, 0.6) is 5.75 Å². The second-order valence-electron chi connectivity index (χ2n) is 8.05. The van der Waals surface area contributed by atoms with Gasteiger partial charge >= 0.3 is 10.1 Å². The van der Waals surface area contributed by atoms with Gasteiger partial charge in [-0.05, 0) is 67.9 Å². The third kappa shape index (κ3) is 4.92. The molecule has 0 N–H and O–H groups in total. The van der Waals surface area contributed by atoms with E-state index in [2.05, 4.69) is 0 Å². The highest BCUT2D eigenvalue weighted by atomic mass is 32.2. The number of sulfone groups is 2. The molecule has 0 aliphatic rings. The van der Waals surface area contributed by atoms with E-state index in [-0.39, 0.29) is 19.6 Å². The summed E-state index contributed by atoms with van der Waals surface area (Å²) < 4.78 is 85.0. The van der Waals surface area contributed by atoms with Crippen molar-refractivity contribution in [3.63, 3.8) is 0 Å². The number of aryl methyl sites for hydroxylation is 2. The van der Waals surface area contributed by atoms with E-state index in [0.29, 0.717) is 5.56 Å². The molecule has 0 radical (unpaired) electrons. The van der Waals surface area contributed by atoms with Crippen LogP contribution in [0, 0.1) is 13.8 Å². The predicted octanol–water partition coefficient (Wildman–Crippen LogP) is 4.74. The summed E-state index contributed by atoms with van der Waals surface area (Å²) in [5, 5.41) is 0. The van der Waals surface area contributed by atoms with Crippen molar-refractivity contribution in [2.24, 2.45) is 0 Å². The Morgan fingerprint density at radius 1 is 0.528 bits per heavy atom. The maximum Gasteiger partial charge on any atom is 0.339 e. The van der Waals surface area contributed by atoms with Crippen LogP contribution in [0.2, 0.25) is 0 Å². The second-order valence-corrected chi connectivity index (χ2v) is 13.4. The quantitative estimate of drug-likeness (QED) is 0.310. The zero-order valence-electron chi connectivity index (χ0n) is 19.3. The Morgan fingerprint density at radius 2 is 1.08 bits per heavy atom. The Balaban J connectivity index is 1.91. The van der Waals surface area contributed by atoms with Crippen LogP contribution in [0.3, 0.4) is 0 Å². The van der Waals surface area contributed by atoms with Gasteiger partial charge in [-0.1, -0.05) is 54.1 Å². The van der Waals surface area contributed by atoms with E-state index in [0.717, 1.165) is 23.8 Å². The molecule has 4 aromatic rings. The Bertz CT molecular complexity index is 1750. The molecule has 0 saturated heterocycles. The Labute approximate surface area is 211 Å². The fourth-order valence-electron chi connectivity index (χ4n) is 3.64. The van der Waals surface area contributed by atoms with Gasteiger partial charge in [0.1, 0.15) is 9.79 Å². The maximum atomic E-state index is 13.5. The monoisotopic (exact) mass is 542 g/mol. The van der Waals surface area contributed by atoms with Gasteiger partial charge in [0.05, 0.1) is 14.7 Å². The lowest BCUT2D eigenvalue weighted by Gasteiger charge is -2.15. The van der Waals surface area contributed by atoms with Crippen LogP contribution >= 0.6 is 0 Å². The van der Waals surface area contributed by atoms with Crippen LogP contribution in [0.15, 0.2) is 122 Å². The van der Waals surface area contributed by atoms with Gasteiger partial charge in [-0.25, -0.2) is 16.8 Å². The molecule has 0 fully saturated rings. The van der Waals surface area contributed by atoms with Crippen LogP contribution in [0.25, 0.3) is 0 Å². The van der Waals surface area contributed by atoms with Gasteiger partial charge in [0.15, 0.2) is 5.75 Å². The minimum Gasteiger partial charge on any atom is -0.378 e. The highest BCUT2D eigenvalue weighted by molar-refractivity contribution is 7.92. The summed E-state index contributed by atoms with van der Waals surface area (Å²) in [7, 11) is -12.9. The molecule has 0 aliphatic heterocycles. The summed E-state index contributed by atoms with van der Waals surface area (Å²) in [6.45, 7) is 3.40. The van der Waals surface area contributed by atoms with Gasteiger partial charge in [0, 0.05) is 0 Å². The summed E-state index contributed by atoms with van der Waals surface area (Å²) in [4.78, 5) is -1.21. The topological polar surface area (TPSA) is 112 Å². The lowest BCUT2D eigenvalue weighted by atomic mass is 10.2. The van der Waals surface area contributed by atoms with E-state index in [1.165, 1.54) is 42.5 Å². The molecule has 0 atom stereocenters. The predicted molar refractivity (Wildman–Crippen MR) is 134 cm³/mol. The molecular weight excluding hydrogens is 520 g/mol. The van der Waals surface area contributed by atoms with Crippen molar-refractivity contribution >= 4 is 29.8 Å². The first-order valence-electron chi connectivity index (χ1n) is 10.7. The lowest BCUT2D eigenvalue weighted by Crippen LogP contribution is -2.15. The molecule has 0 saturated carbocycles. The fraction of sp³-hybridized carbons (Fsp3) is 0.0769. The zero-order chi connectivity index (χ0) is 26.1. The third-order valence-corrected chi connectivity index (χ3v) is 10.4. The van der Waals surface area contributed by atoms with E-state index >= 15 is 0 Å². The van der Waals surface area contributed by atoms with Gasteiger partial charge in [-0.3, -0.25) is 0 Å². The van der Waals surface area contributed by atoms with E-state index in [1.807, 2.05) is 0 Å². The molecular formula is C26H22O7S3. The zero-order valence-corrected chi connectivity index (χ0v) is 21.8. The van der Waals surface area contributed by atoms with Crippen LogP contribution in [-0.2, 0) is 29.8 Å². The van der Waals surface area contributed by atoms with Gasteiger partial charge in [0.2, 0.25) is 19.7 Å². The van der Waals surface area contributed by atoms with Crippen molar-refractivity contribution in [2.75, 3.05) is 0 Å². The SMILES string of the molecule is Cc1ccc(S(=O)(=O)Oc2ccc(S(=O)(=O)c3ccccc3)cc2S(=O)(=O)c2ccccc2)c(C)c1. The summed E-state index contributed by atoms with van der Waals surface area (Å²) >= 11 is 0. The third-order valence-electron chi connectivity index (χ3n) is 5.42. The van der Waals surface area contributed by atoms with E-state index in [4.69, 9.17) is 4.18 Å². The molecule has 0 aromatic heterocycles. The standard InChI is InChI=1S/C26H22O7S3/c1-19-13-16-25(20(2)17-19)36(31,32)33-24-15-14-23(34(27,28)21-9-5-3-6-10-21)18-26(24)35(29,30)22-11-7-4-8-12-22/h3-18H,1-2H3. The highest BCUT2D eigenvalue weighted by Gasteiger charge is 2.30. The molecule has 0 bridgehead atoms. The first-order valence-corrected chi connectivity index (χ1v) is 15.1. The van der Waals surface area contributed by atoms with Gasteiger partial charge < -0.3 is 4.18 Å². The van der Waals surface area contributed by atoms with Crippen molar-refractivity contribution in [3.8, 4) is 5.75 Å². The van der Waals surface area contributed by atoms with Crippen molar-refractivity contribution in [1.29, 1.82) is 0 Å². The molecule has 0 amide bonds. The Morgan fingerprint density at radius 3 is 1.64 bits per heavy atom. The molecule has 4 rings (SSSR count). The normalized spacial score (nSPS) is 12.3. The van der Waals surface area contributed by atoms with Crippen LogP contribution in [-0.4, -0.2) is 25.3 Å². The minimum absolute atomic E-state index is 0.0374. The van der Waals surface area contributed by atoms with E-state index < -0.39 is 40.4 Å². The largest absolute Gasteiger partial charge is 0.378 e. The Kier molecular flexibility index (Phi) is 6.78. The smallest absolute Gasteiger partial charge is 0.339 e. The summed E-state index contributed by atoms with van der Waals surface area (Å²) in [6, 6.07) is 22.5. The fourth-order valence-corrected chi connectivity index (χ4v) is 7.66. The number of benzene rings is 4. The summed E-state index contributed by atoms with van der Waals surface area (Å²) in [5.74, 6) is -0.508. The van der Waals surface area contributed by atoms with Gasteiger partial charge in [-0.15, -0.1) is 0 Å². The summed E-state index contributed by atoms with van der Waals surface area (Å²) in [6.07, 6.45) is 0. The average molecular weight is 543 g/mol. The molecule has 10 heteroatoms. The number of hydrogen-bond acceptors (Lipinski definition) is 7. The molecule has 0 heterocycles. The Hall–Kier alpha value is -3.47. The lowest BCUT2D eigenvalue weighted by molar-refractivity contribution is 0.477. The minimum atomic E-state index is -4.44. The molecule has 0 aliphatic carbocycles. The molecule has 0 unspecified atom stereocenters. The second kappa shape index (κ2) is 9.53. The van der Waals surface area contributed by atoms with E-state index in [1.54, 1.807) is 50.2 Å². The first kappa shape index (κ1) is 25.6. The average Bonchev–Trinajstić information content (AvgIpc) is 2.84. The first-order chi connectivity index (χ1) is 16.9. The molecule has 36 heavy (non-hydrogen) atoms. The molecule has 4 aromatic carbocycles. The number of hydrogen-bond donors (Lipinski definition) is 0. The van der Waals surface area contributed by atoms with E-state index in [9.17, 15) is 25.3 Å². The maximum absolute atomic E-state index is 13.5. The van der Waals surface area contributed by atoms with Gasteiger partial charge in [0.25, 0.3) is 0 Å².